The number of nitrogens with two attached hydrogens (primary N) is 1. The number of benzene rings is 1. The minimum atomic E-state index is 0.0744. The fraction of sp³-hybridized carbons (Fsp3) is 0.600. The van der Waals surface area contributed by atoms with Crippen LogP contribution in [0.2, 0.25) is 5.02 Å². The third-order valence-corrected chi connectivity index (χ3v) is 3.77. The molecule has 1 aliphatic heterocycles. The summed E-state index contributed by atoms with van der Waals surface area (Å²) in [6.07, 6.45) is 2.88. The number of halogens is 1. The van der Waals surface area contributed by atoms with Crippen LogP contribution < -0.4 is 10.5 Å². The molecule has 1 atom stereocenters. The maximum atomic E-state index is 6.24. The predicted octanol–water partition coefficient (Wildman–Crippen LogP) is 3.04. The van der Waals surface area contributed by atoms with Gasteiger partial charge in [0.1, 0.15) is 5.75 Å². The van der Waals surface area contributed by atoms with Gasteiger partial charge in [0.25, 0.3) is 0 Å². The van der Waals surface area contributed by atoms with Crippen LogP contribution in [0.5, 0.6) is 5.75 Å². The molecular formula is C15H22ClNO2. The van der Waals surface area contributed by atoms with E-state index in [2.05, 4.69) is 0 Å². The van der Waals surface area contributed by atoms with Crippen molar-refractivity contribution in [2.45, 2.75) is 32.2 Å². The van der Waals surface area contributed by atoms with Crippen LogP contribution in [0.3, 0.4) is 0 Å². The van der Waals surface area contributed by atoms with E-state index >= 15 is 0 Å². The number of hydrogen-bond donors (Lipinski definition) is 1. The molecule has 1 unspecified atom stereocenters. The monoisotopic (exact) mass is 283 g/mol. The zero-order valence-corrected chi connectivity index (χ0v) is 12.2. The second-order valence-corrected chi connectivity index (χ2v) is 5.67. The Hall–Kier alpha value is -0.770. The minimum absolute atomic E-state index is 0.0744. The minimum Gasteiger partial charge on any atom is -0.493 e. The van der Waals surface area contributed by atoms with Crippen molar-refractivity contribution in [2.75, 3.05) is 19.8 Å². The van der Waals surface area contributed by atoms with E-state index in [4.69, 9.17) is 26.8 Å². The molecule has 0 saturated carbocycles. The molecule has 0 spiro atoms. The summed E-state index contributed by atoms with van der Waals surface area (Å²) in [4.78, 5) is 0. The van der Waals surface area contributed by atoms with Crippen molar-refractivity contribution in [3.05, 3.63) is 28.8 Å². The Morgan fingerprint density at radius 2 is 2.16 bits per heavy atom. The first kappa shape index (κ1) is 14.6. The van der Waals surface area contributed by atoms with Gasteiger partial charge in [-0.3, -0.25) is 0 Å². The van der Waals surface area contributed by atoms with E-state index in [1.165, 1.54) is 0 Å². The maximum Gasteiger partial charge on any atom is 0.124 e. The van der Waals surface area contributed by atoms with Crippen LogP contribution in [-0.2, 0) is 11.2 Å². The highest BCUT2D eigenvalue weighted by molar-refractivity contribution is 6.31. The molecule has 0 bridgehead atoms. The van der Waals surface area contributed by atoms with Crippen molar-refractivity contribution >= 4 is 11.6 Å². The molecule has 0 aromatic heterocycles. The Balaban J connectivity index is 2.00. The van der Waals surface area contributed by atoms with Crippen molar-refractivity contribution in [1.29, 1.82) is 0 Å². The van der Waals surface area contributed by atoms with Crippen molar-refractivity contribution in [3.8, 4) is 5.75 Å². The van der Waals surface area contributed by atoms with Crippen LogP contribution >= 0.6 is 11.6 Å². The molecule has 1 heterocycles. The standard InChI is InChI=1S/C15H22ClNO2/c1-11(17)9-13-14(16)3-2-4-15(13)19-10-12-5-7-18-8-6-12/h2-4,11-12H,5-10,17H2,1H3. The first-order valence-corrected chi connectivity index (χ1v) is 7.28. The summed E-state index contributed by atoms with van der Waals surface area (Å²) < 4.78 is 11.3. The van der Waals surface area contributed by atoms with Gasteiger partial charge in [0.2, 0.25) is 0 Å². The molecule has 106 valence electrons. The first-order valence-electron chi connectivity index (χ1n) is 6.90. The second-order valence-electron chi connectivity index (χ2n) is 5.26. The highest BCUT2D eigenvalue weighted by Gasteiger charge is 2.16. The molecule has 2 rings (SSSR count). The third-order valence-electron chi connectivity index (χ3n) is 3.42. The molecule has 1 aliphatic rings. The smallest absolute Gasteiger partial charge is 0.124 e. The van der Waals surface area contributed by atoms with Crippen molar-refractivity contribution in [1.82, 2.24) is 0 Å². The average Bonchev–Trinajstić information content (AvgIpc) is 2.40. The molecule has 1 saturated heterocycles. The van der Waals surface area contributed by atoms with Gasteiger partial charge in [0.15, 0.2) is 0 Å². The highest BCUT2D eigenvalue weighted by Crippen LogP contribution is 2.28. The van der Waals surface area contributed by atoms with Crippen LogP contribution in [0.4, 0.5) is 0 Å². The van der Waals surface area contributed by atoms with Gasteiger partial charge in [-0.1, -0.05) is 17.7 Å². The zero-order chi connectivity index (χ0) is 13.7. The first-order chi connectivity index (χ1) is 9.16. The molecule has 1 fully saturated rings. The zero-order valence-electron chi connectivity index (χ0n) is 11.4. The van der Waals surface area contributed by atoms with Crippen molar-refractivity contribution < 1.29 is 9.47 Å². The topological polar surface area (TPSA) is 44.5 Å². The lowest BCUT2D eigenvalue weighted by Crippen LogP contribution is -2.22. The van der Waals surface area contributed by atoms with E-state index in [9.17, 15) is 0 Å². The third kappa shape index (κ3) is 4.37. The van der Waals surface area contributed by atoms with Crippen LogP contribution in [-0.4, -0.2) is 25.9 Å². The fourth-order valence-corrected chi connectivity index (χ4v) is 2.56. The molecule has 2 N–H and O–H groups in total. The molecular weight excluding hydrogens is 262 g/mol. The van der Waals surface area contributed by atoms with Crippen LogP contribution in [0.1, 0.15) is 25.3 Å². The van der Waals surface area contributed by atoms with Gasteiger partial charge >= 0.3 is 0 Å². The van der Waals surface area contributed by atoms with Gasteiger partial charge in [0, 0.05) is 29.8 Å². The van der Waals surface area contributed by atoms with Gasteiger partial charge in [-0.05, 0) is 44.2 Å². The summed E-state index contributed by atoms with van der Waals surface area (Å²) in [5, 5.41) is 0.738. The van der Waals surface area contributed by atoms with Gasteiger partial charge < -0.3 is 15.2 Å². The van der Waals surface area contributed by atoms with Gasteiger partial charge in [-0.2, -0.15) is 0 Å². The van der Waals surface area contributed by atoms with E-state index in [0.29, 0.717) is 5.92 Å². The Labute approximate surface area is 120 Å². The maximum absolute atomic E-state index is 6.24. The van der Waals surface area contributed by atoms with Crippen molar-refractivity contribution in [3.63, 3.8) is 0 Å². The van der Waals surface area contributed by atoms with E-state index in [-0.39, 0.29) is 6.04 Å². The SMILES string of the molecule is CC(N)Cc1c(Cl)cccc1OCC1CCOCC1. The van der Waals surface area contributed by atoms with Crippen LogP contribution in [0.15, 0.2) is 18.2 Å². The number of rotatable bonds is 5. The Morgan fingerprint density at radius 3 is 2.84 bits per heavy atom. The summed E-state index contributed by atoms with van der Waals surface area (Å²) >= 11 is 6.24. The lowest BCUT2D eigenvalue weighted by Gasteiger charge is -2.23. The van der Waals surface area contributed by atoms with E-state index in [1.807, 2.05) is 25.1 Å². The van der Waals surface area contributed by atoms with E-state index < -0.39 is 0 Å². The predicted molar refractivity (Wildman–Crippen MR) is 77.8 cm³/mol. The summed E-state index contributed by atoms with van der Waals surface area (Å²) in [5.74, 6) is 1.45. The number of ether oxygens (including phenoxy) is 2. The Bertz CT molecular complexity index is 403. The van der Waals surface area contributed by atoms with E-state index in [0.717, 1.165) is 55.4 Å². The second kappa shape index (κ2) is 7.13. The lowest BCUT2D eigenvalue weighted by molar-refractivity contribution is 0.0496. The Kier molecular flexibility index (Phi) is 5.49. The highest BCUT2D eigenvalue weighted by atomic mass is 35.5. The Morgan fingerprint density at radius 1 is 1.42 bits per heavy atom. The van der Waals surface area contributed by atoms with Gasteiger partial charge in [-0.25, -0.2) is 0 Å². The largest absolute Gasteiger partial charge is 0.493 e. The molecule has 0 amide bonds. The quantitative estimate of drug-likeness (QED) is 0.903. The molecule has 19 heavy (non-hydrogen) atoms. The molecule has 4 heteroatoms. The lowest BCUT2D eigenvalue weighted by atomic mass is 10.0. The average molecular weight is 284 g/mol. The summed E-state index contributed by atoms with van der Waals surface area (Å²) in [6.45, 7) is 4.40. The molecule has 0 radical (unpaired) electrons. The molecule has 1 aromatic rings. The summed E-state index contributed by atoms with van der Waals surface area (Å²) in [7, 11) is 0. The van der Waals surface area contributed by atoms with Crippen LogP contribution in [0, 0.1) is 5.92 Å². The summed E-state index contributed by atoms with van der Waals surface area (Å²) in [6, 6.07) is 5.86. The summed E-state index contributed by atoms with van der Waals surface area (Å²) in [5.41, 5.74) is 6.89. The van der Waals surface area contributed by atoms with Gasteiger partial charge in [-0.15, -0.1) is 0 Å². The van der Waals surface area contributed by atoms with Crippen molar-refractivity contribution in [2.24, 2.45) is 11.7 Å². The van der Waals surface area contributed by atoms with Gasteiger partial charge in [0.05, 0.1) is 6.61 Å². The molecule has 1 aromatic carbocycles. The molecule has 0 aliphatic carbocycles. The normalized spacial score (nSPS) is 18.3. The number of hydrogen-bond acceptors (Lipinski definition) is 3. The van der Waals surface area contributed by atoms with E-state index in [1.54, 1.807) is 0 Å². The fourth-order valence-electron chi connectivity index (χ4n) is 2.31. The molecule has 3 nitrogen and oxygen atoms in total. The van der Waals surface area contributed by atoms with Crippen LogP contribution in [0.25, 0.3) is 0 Å².